The van der Waals surface area contributed by atoms with Crippen molar-refractivity contribution in [3.63, 3.8) is 0 Å². The lowest BCUT2D eigenvalue weighted by Gasteiger charge is -2.13. The number of hydrogen-bond acceptors (Lipinski definition) is 5. The third-order valence-corrected chi connectivity index (χ3v) is 6.49. The Kier molecular flexibility index (Phi) is 9.47. The zero-order chi connectivity index (χ0) is 25.5. The maximum atomic E-state index is 12.2. The standard InChI is InChI=1S/C25H22Br3N3O4/c1-14-4-6-21(15(2)8-14)30-24(32)25(33)31-29-12-16-5-7-22(34-3)17(9-16)13-35-23-19(27)10-18(26)11-20(23)28/h4-12H,13H2,1-3H3,(H,30,32)(H,31,33)/b29-12+. The molecule has 0 spiro atoms. The van der Waals surface area contributed by atoms with Gasteiger partial charge in [0.25, 0.3) is 0 Å². The van der Waals surface area contributed by atoms with E-state index in [9.17, 15) is 9.59 Å². The lowest BCUT2D eigenvalue weighted by molar-refractivity contribution is -0.136. The van der Waals surface area contributed by atoms with Crippen LogP contribution >= 0.6 is 47.8 Å². The molecule has 0 saturated carbocycles. The van der Waals surface area contributed by atoms with E-state index in [1.165, 1.54) is 6.21 Å². The molecule has 3 aromatic carbocycles. The van der Waals surface area contributed by atoms with Crippen molar-refractivity contribution >= 4 is 71.5 Å². The minimum absolute atomic E-state index is 0.231. The molecule has 7 nitrogen and oxygen atoms in total. The fourth-order valence-corrected chi connectivity index (χ4v) is 5.65. The fraction of sp³-hybridized carbons (Fsp3) is 0.160. The van der Waals surface area contributed by atoms with E-state index in [1.54, 1.807) is 25.3 Å². The van der Waals surface area contributed by atoms with E-state index in [0.29, 0.717) is 22.7 Å². The molecule has 182 valence electrons. The molecule has 0 atom stereocenters. The molecule has 0 unspecified atom stereocenters. The summed E-state index contributed by atoms with van der Waals surface area (Å²) >= 11 is 10.4. The lowest BCUT2D eigenvalue weighted by atomic mass is 10.1. The molecule has 3 aromatic rings. The number of anilines is 1. The van der Waals surface area contributed by atoms with Crippen LogP contribution in [-0.4, -0.2) is 25.1 Å². The third-order valence-electron chi connectivity index (χ3n) is 4.86. The van der Waals surface area contributed by atoms with Crippen LogP contribution in [0.4, 0.5) is 5.69 Å². The van der Waals surface area contributed by atoms with Crippen molar-refractivity contribution in [2.45, 2.75) is 20.5 Å². The summed E-state index contributed by atoms with van der Waals surface area (Å²) < 4.78 is 13.9. The van der Waals surface area contributed by atoms with E-state index in [-0.39, 0.29) is 6.61 Å². The summed E-state index contributed by atoms with van der Waals surface area (Å²) in [7, 11) is 1.58. The second kappa shape index (κ2) is 12.3. The molecule has 35 heavy (non-hydrogen) atoms. The largest absolute Gasteiger partial charge is 0.496 e. The van der Waals surface area contributed by atoms with E-state index in [0.717, 1.165) is 30.1 Å². The van der Waals surface area contributed by atoms with Crippen molar-refractivity contribution in [3.05, 3.63) is 84.2 Å². The zero-order valence-electron chi connectivity index (χ0n) is 19.1. The summed E-state index contributed by atoms with van der Waals surface area (Å²) in [6.07, 6.45) is 1.44. The fourth-order valence-electron chi connectivity index (χ4n) is 3.16. The van der Waals surface area contributed by atoms with Crippen molar-refractivity contribution in [3.8, 4) is 11.5 Å². The van der Waals surface area contributed by atoms with Gasteiger partial charge in [0.1, 0.15) is 18.1 Å². The minimum atomic E-state index is -0.872. The van der Waals surface area contributed by atoms with Gasteiger partial charge in [0.2, 0.25) is 0 Å². The van der Waals surface area contributed by atoms with Crippen molar-refractivity contribution in [2.75, 3.05) is 12.4 Å². The van der Waals surface area contributed by atoms with E-state index < -0.39 is 11.8 Å². The zero-order valence-corrected chi connectivity index (χ0v) is 23.9. The van der Waals surface area contributed by atoms with Crippen LogP contribution in [-0.2, 0) is 16.2 Å². The SMILES string of the molecule is COc1ccc(/C=N/NC(=O)C(=O)Nc2ccc(C)cc2C)cc1COc1c(Br)cc(Br)cc1Br. The molecule has 0 heterocycles. The number of benzene rings is 3. The lowest BCUT2D eigenvalue weighted by Crippen LogP contribution is -2.32. The minimum Gasteiger partial charge on any atom is -0.496 e. The Labute approximate surface area is 228 Å². The first-order chi connectivity index (χ1) is 16.7. The molecule has 0 fully saturated rings. The summed E-state index contributed by atoms with van der Waals surface area (Å²) in [5, 5.41) is 6.49. The Morgan fingerprint density at radius 1 is 0.971 bits per heavy atom. The first-order valence-electron chi connectivity index (χ1n) is 10.3. The highest BCUT2D eigenvalue weighted by molar-refractivity contribution is 9.11. The number of ether oxygens (including phenoxy) is 2. The van der Waals surface area contributed by atoms with Gasteiger partial charge in [-0.3, -0.25) is 9.59 Å². The number of amides is 2. The Morgan fingerprint density at radius 3 is 2.34 bits per heavy atom. The summed E-state index contributed by atoms with van der Waals surface area (Å²) in [5.74, 6) is -0.383. The molecule has 0 aliphatic carbocycles. The van der Waals surface area contributed by atoms with Gasteiger partial charge in [-0.15, -0.1) is 0 Å². The number of nitrogens with one attached hydrogen (secondary N) is 2. The number of hydrogen-bond donors (Lipinski definition) is 2. The van der Waals surface area contributed by atoms with E-state index in [4.69, 9.17) is 9.47 Å². The second-order valence-electron chi connectivity index (χ2n) is 7.53. The van der Waals surface area contributed by atoms with Crippen LogP contribution in [0, 0.1) is 13.8 Å². The normalized spacial score (nSPS) is 10.8. The van der Waals surface area contributed by atoms with Crippen LogP contribution in [0.15, 0.2) is 67.1 Å². The Bertz CT molecular complexity index is 1270. The number of carbonyl (C=O) groups is 2. The van der Waals surface area contributed by atoms with Crippen LogP contribution in [0.1, 0.15) is 22.3 Å². The van der Waals surface area contributed by atoms with E-state index >= 15 is 0 Å². The number of nitrogens with zero attached hydrogens (tertiary/aromatic N) is 1. The second-order valence-corrected chi connectivity index (χ2v) is 10.2. The Morgan fingerprint density at radius 2 is 1.69 bits per heavy atom. The van der Waals surface area contributed by atoms with Gasteiger partial charge < -0.3 is 14.8 Å². The Balaban J connectivity index is 1.65. The molecular weight excluding hydrogens is 646 g/mol. The molecule has 0 aliphatic heterocycles. The van der Waals surface area contributed by atoms with Gasteiger partial charge in [-0.1, -0.05) is 33.6 Å². The quantitative estimate of drug-likeness (QED) is 0.177. The summed E-state index contributed by atoms with van der Waals surface area (Å²) in [5.41, 5.74) is 6.21. The molecule has 2 N–H and O–H groups in total. The van der Waals surface area contributed by atoms with Crippen LogP contribution < -0.4 is 20.2 Å². The number of methoxy groups -OCH3 is 1. The first-order valence-corrected chi connectivity index (χ1v) is 12.7. The van der Waals surface area contributed by atoms with Gasteiger partial charge in [-0.2, -0.15) is 5.10 Å². The predicted octanol–water partition coefficient (Wildman–Crippen LogP) is 6.27. The maximum Gasteiger partial charge on any atom is 0.329 e. The van der Waals surface area contributed by atoms with Crippen molar-refractivity contribution < 1.29 is 19.1 Å². The highest BCUT2D eigenvalue weighted by atomic mass is 79.9. The smallest absolute Gasteiger partial charge is 0.329 e. The average molecular weight is 668 g/mol. The highest BCUT2D eigenvalue weighted by Crippen LogP contribution is 2.37. The molecule has 0 bridgehead atoms. The average Bonchev–Trinajstić information content (AvgIpc) is 2.80. The monoisotopic (exact) mass is 665 g/mol. The molecular formula is C25H22Br3N3O4. The summed E-state index contributed by atoms with van der Waals surface area (Å²) in [6.45, 7) is 4.04. The van der Waals surface area contributed by atoms with Gasteiger partial charge in [-0.25, -0.2) is 5.43 Å². The van der Waals surface area contributed by atoms with Gasteiger partial charge in [-0.05, 0) is 93.2 Å². The summed E-state index contributed by atoms with van der Waals surface area (Å²) in [6, 6.07) is 14.7. The number of carbonyl (C=O) groups excluding carboxylic acids is 2. The maximum absolute atomic E-state index is 12.2. The van der Waals surface area contributed by atoms with Crippen LogP contribution in [0.5, 0.6) is 11.5 Å². The molecule has 3 rings (SSSR count). The van der Waals surface area contributed by atoms with Crippen LogP contribution in [0.2, 0.25) is 0 Å². The number of rotatable bonds is 7. The predicted molar refractivity (Wildman–Crippen MR) is 147 cm³/mol. The van der Waals surface area contributed by atoms with Gasteiger partial charge in [0, 0.05) is 15.7 Å². The topological polar surface area (TPSA) is 89.0 Å². The molecule has 0 saturated heterocycles. The molecule has 2 amide bonds. The van der Waals surface area contributed by atoms with Crippen molar-refractivity contribution in [1.29, 1.82) is 0 Å². The number of aryl methyl sites for hydroxylation is 2. The van der Waals surface area contributed by atoms with Gasteiger partial charge >= 0.3 is 11.8 Å². The third kappa shape index (κ3) is 7.39. The van der Waals surface area contributed by atoms with E-state index in [2.05, 4.69) is 63.6 Å². The van der Waals surface area contributed by atoms with Crippen molar-refractivity contribution in [2.24, 2.45) is 5.10 Å². The molecule has 10 heteroatoms. The molecule has 0 radical (unpaired) electrons. The van der Waals surface area contributed by atoms with Gasteiger partial charge in [0.05, 0.1) is 22.3 Å². The first kappa shape index (κ1) is 26.9. The van der Waals surface area contributed by atoms with E-state index in [1.807, 2.05) is 44.2 Å². The molecule has 0 aliphatic rings. The number of hydrazone groups is 1. The Hall–Kier alpha value is -2.69. The van der Waals surface area contributed by atoms with Crippen LogP contribution in [0.25, 0.3) is 0 Å². The van der Waals surface area contributed by atoms with Gasteiger partial charge in [0.15, 0.2) is 0 Å². The summed E-state index contributed by atoms with van der Waals surface area (Å²) in [4.78, 5) is 24.3. The van der Waals surface area contributed by atoms with Crippen molar-refractivity contribution in [1.82, 2.24) is 5.43 Å². The molecule has 0 aromatic heterocycles. The number of halogens is 3. The highest BCUT2D eigenvalue weighted by Gasteiger charge is 2.14. The van der Waals surface area contributed by atoms with Crippen LogP contribution in [0.3, 0.4) is 0 Å².